The van der Waals surface area contributed by atoms with E-state index >= 15 is 0 Å². The molecule has 0 aromatic rings. The minimum atomic E-state index is -0.433. The van der Waals surface area contributed by atoms with Crippen molar-refractivity contribution in [1.82, 2.24) is 4.90 Å². The fourth-order valence-corrected chi connectivity index (χ4v) is 3.24. The predicted octanol–water partition coefficient (Wildman–Crippen LogP) is 1.15. The SMILES string of the molecule is OCCOC1CCN(CC2(O)CCCCC2)CC1. The van der Waals surface area contributed by atoms with Crippen molar-refractivity contribution in [2.75, 3.05) is 32.8 Å². The average Bonchev–Trinajstić information content (AvgIpc) is 2.38. The highest BCUT2D eigenvalue weighted by atomic mass is 16.5. The molecule has 106 valence electrons. The molecule has 0 radical (unpaired) electrons. The zero-order valence-corrected chi connectivity index (χ0v) is 11.3. The number of aliphatic hydroxyl groups is 2. The minimum Gasteiger partial charge on any atom is -0.394 e. The monoisotopic (exact) mass is 257 g/mol. The summed E-state index contributed by atoms with van der Waals surface area (Å²) in [6, 6.07) is 0. The number of hydrogen-bond acceptors (Lipinski definition) is 4. The molecule has 0 spiro atoms. The van der Waals surface area contributed by atoms with Crippen molar-refractivity contribution in [3.8, 4) is 0 Å². The van der Waals surface area contributed by atoms with Gasteiger partial charge in [-0.05, 0) is 25.7 Å². The van der Waals surface area contributed by atoms with E-state index in [4.69, 9.17) is 9.84 Å². The van der Waals surface area contributed by atoms with Gasteiger partial charge in [-0.3, -0.25) is 0 Å². The standard InChI is InChI=1S/C14H27NO3/c16-10-11-18-13-4-8-15(9-5-13)12-14(17)6-2-1-3-7-14/h13,16-17H,1-12H2. The molecular weight excluding hydrogens is 230 g/mol. The van der Waals surface area contributed by atoms with Gasteiger partial charge in [0.1, 0.15) is 0 Å². The molecule has 2 fully saturated rings. The van der Waals surface area contributed by atoms with Gasteiger partial charge in [-0.2, -0.15) is 0 Å². The topological polar surface area (TPSA) is 52.9 Å². The maximum absolute atomic E-state index is 10.5. The summed E-state index contributed by atoms with van der Waals surface area (Å²) < 4.78 is 5.56. The molecule has 0 amide bonds. The fraction of sp³-hybridized carbons (Fsp3) is 1.00. The number of rotatable bonds is 5. The van der Waals surface area contributed by atoms with Crippen molar-refractivity contribution in [3.63, 3.8) is 0 Å². The van der Waals surface area contributed by atoms with E-state index in [9.17, 15) is 5.11 Å². The van der Waals surface area contributed by atoms with Crippen LogP contribution in [-0.4, -0.2) is 59.7 Å². The highest BCUT2D eigenvalue weighted by Gasteiger charge is 2.32. The molecule has 1 saturated heterocycles. The molecule has 2 N–H and O–H groups in total. The molecule has 0 bridgehead atoms. The molecule has 1 heterocycles. The van der Waals surface area contributed by atoms with Crippen LogP contribution in [0.2, 0.25) is 0 Å². The Morgan fingerprint density at radius 3 is 2.39 bits per heavy atom. The van der Waals surface area contributed by atoms with Crippen LogP contribution in [0, 0.1) is 0 Å². The zero-order valence-electron chi connectivity index (χ0n) is 11.3. The molecule has 1 aliphatic heterocycles. The summed E-state index contributed by atoms with van der Waals surface area (Å²) in [6.07, 6.45) is 7.90. The van der Waals surface area contributed by atoms with Gasteiger partial charge in [-0.25, -0.2) is 0 Å². The van der Waals surface area contributed by atoms with Gasteiger partial charge in [0.15, 0.2) is 0 Å². The largest absolute Gasteiger partial charge is 0.394 e. The number of β-amino-alcohol motifs (C(OH)–C–C–N with tert-alkyl or cyclic N) is 1. The van der Waals surface area contributed by atoms with Crippen molar-refractivity contribution in [1.29, 1.82) is 0 Å². The van der Waals surface area contributed by atoms with Gasteiger partial charge >= 0.3 is 0 Å². The third-order valence-corrected chi connectivity index (χ3v) is 4.28. The minimum absolute atomic E-state index is 0.111. The molecule has 4 nitrogen and oxygen atoms in total. The van der Waals surface area contributed by atoms with Gasteiger partial charge in [0.2, 0.25) is 0 Å². The number of piperidine rings is 1. The van der Waals surface area contributed by atoms with Crippen LogP contribution >= 0.6 is 0 Å². The van der Waals surface area contributed by atoms with Crippen LogP contribution in [0.4, 0.5) is 0 Å². The van der Waals surface area contributed by atoms with Gasteiger partial charge in [-0.15, -0.1) is 0 Å². The highest BCUT2D eigenvalue weighted by molar-refractivity contribution is 4.87. The summed E-state index contributed by atoms with van der Waals surface area (Å²) in [4.78, 5) is 2.38. The normalized spacial score (nSPS) is 26.3. The second-order valence-electron chi connectivity index (χ2n) is 5.85. The van der Waals surface area contributed by atoms with E-state index in [1.807, 2.05) is 0 Å². The van der Waals surface area contributed by atoms with Gasteiger partial charge in [0.25, 0.3) is 0 Å². The Kier molecular flexibility index (Phi) is 5.42. The van der Waals surface area contributed by atoms with E-state index in [2.05, 4.69) is 4.90 Å². The fourth-order valence-electron chi connectivity index (χ4n) is 3.24. The Morgan fingerprint density at radius 2 is 1.78 bits per heavy atom. The van der Waals surface area contributed by atoms with Crippen LogP contribution < -0.4 is 0 Å². The Balaban J connectivity index is 1.69. The summed E-state index contributed by atoms with van der Waals surface area (Å²) >= 11 is 0. The third-order valence-electron chi connectivity index (χ3n) is 4.28. The molecule has 18 heavy (non-hydrogen) atoms. The van der Waals surface area contributed by atoms with Crippen LogP contribution in [0.25, 0.3) is 0 Å². The highest BCUT2D eigenvalue weighted by Crippen LogP contribution is 2.29. The second kappa shape index (κ2) is 6.85. The first-order chi connectivity index (χ1) is 8.72. The van der Waals surface area contributed by atoms with Crippen molar-refractivity contribution >= 4 is 0 Å². The van der Waals surface area contributed by atoms with Crippen molar-refractivity contribution < 1.29 is 14.9 Å². The zero-order chi connectivity index (χ0) is 12.8. The molecular formula is C14H27NO3. The van der Waals surface area contributed by atoms with Gasteiger partial charge in [-0.1, -0.05) is 19.3 Å². The number of aliphatic hydroxyl groups excluding tert-OH is 1. The predicted molar refractivity (Wildman–Crippen MR) is 70.5 cm³/mol. The van der Waals surface area contributed by atoms with E-state index in [1.165, 1.54) is 19.3 Å². The summed E-state index contributed by atoms with van der Waals surface area (Å²) in [5, 5.41) is 19.3. The first-order valence-corrected chi connectivity index (χ1v) is 7.39. The summed E-state index contributed by atoms with van der Waals surface area (Å²) in [7, 11) is 0. The lowest BCUT2D eigenvalue weighted by molar-refractivity contribution is -0.0513. The van der Waals surface area contributed by atoms with E-state index in [0.29, 0.717) is 12.7 Å². The second-order valence-corrected chi connectivity index (χ2v) is 5.85. The maximum atomic E-state index is 10.5. The molecule has 0 aromatic carbocycles. The first kappa shape index (κ1) is 14.3. The Bertz CT molecular complexity index is 233. The van der Waals surface area contributed by atoms with Crippen molar-refractivity contribution in [3.05, 3.63) is 0 Å². The Hall–Kier alpha value is -0.160. The molecule has 1 aliphatic carbocycles. The smallest absolute Gasteiger partial charge is 0.0774 e. The quantitative estimate of drug-likeness (QED) is 0.776. The summed E-state index contributed by atoms with van der Waals surface area (Å²) in [5.74, 6) is 0. The molecule has 0 unspecified atom stereocenters. The van der Waals surface area contributed by atoms with E-state index in [-0.39, 0.29) is 6.61 Å². The molecule has 0 aromatic heterocycles. The molecule has 2 rings (SSSR count). The molecule has 4 heteroatoms. The van der Waals surface area contributed by atoms with E-state index in [1.54, 1.807) is 0 Å². The number of nitrogens with zero attached hydrogens (tertiary/aromatic N) is 1. The van der Waals surface area contributed by atoms with Crippen LogP contribution in [0.5, 0.6) is 0 Å². The molecule has 2 aliphatic rings. The van der Waals surface area contributed by atoms with Gasteiger partial charge in [0.05, 0.1) is 24.9 Å². The number of hydrogen-bond donors (Lipinski definition) is 2. The number of ether oxygens (including phenoxy) is 1. The Morgan fingerprint density at radius 1 is 1.11 bits per heavy atom. The van der Waals surface area contributed by atoms with E-state index in [0.717, 1.165) is 45.3 Å². The summed E-state index contributed by atoms with van der Waals surface area (Å²) in [6.45, 7) is 3.42. The first-order valence-electron chi connectivity index (χ1n) is 7.39. The summed E-state index contributed by atoms with van der Waals surface area (Å²) in [5.41, 5.74) is -0.433. The lowest BCUT2D eigenvalue weighted by Gasteiger charge is -2.39. The van der Waals surface area contributed by atoms with Crippen LogP contribution in [0.1, 0.15) is 44.9 Å². The van der Waals surface area contributed by atoms with Crippen molar-refractivity contribution in [2.24, 2.45) is 0 Å². The number of likely N-dealkylation sites (tertiary alicyclic amines) is 1. The lowest BCUT2D eigenvalue weighted by atomic mass is 9.84. The Labute approximate surface area is 110 Å². The third kappa shape index (κ3) is 4.19. The van der Waals surface area contributed by atoms with Crippen molar-refractivity contribution in [2.45, 2.75) is 56.7 Å². The van der Waals surface area contributed by atoms with Crippen LogP contribution in [0.15, 0.2) is 0 Å². The van der Waals surface area contributed by atoms with Crippen LogP contribution in [0.3, 0.4) is 0 Å². The average molecular weight is 257 g/mol. The van der Waals surface area contributed by atoms with Gasteiger partial charge in [0, 0.05) is 19.6 Å². The van der Waals surface area contributed by atoms with Crippen LogP contribution in [-0.2, 0) is 4.74 Å². The molecule has 1 saturated carbocycles. The lowest BCUT2D eigenvalue weighted by Crippen LogP contribution is -2.48. The molecule has 0 atom stereocenters. The van der Waals surface area contributed by atoms with Gasteiger partial charge < -0.3 is 19.8 Å². The maximum Gasteiger partial charge on any atom is 0.0774 e. The van der Waals surface area contributed by atoms with E-state index < -0.39 is 5.60 Å².